The van der Waals surface area contributed by atoms with E-state index in [9.17, 15) is 0 Å². The van der Waals surface area contributed by atoms with Crippen molar-refractivity contribution in [2.75, 3.05) is 13.7 Å². The third kappa shape index (κ3) is 4.08. The molecule has 112 valence electrons. The fourth-order valence-electron chi connectivity index (χ4n) is 2.65. The second kappa shape index (κ2) is 7.84. The first-order valence-electron chi connectivity index (χ1n) is 7.74. The minimum atomic E-state index is 0.234. The zero-order valence-electron chi connectivity index (χ0n) is 13.2. The molecule has 1 N–H and O–H groups in total. The third-order valence-corrected chi connectivity index (χ3v) is 3.68. The van der Waals surface area contributed by atoms with E-state index in [1.54, 1.807) is 7.11 Å². The van der Waals surface area contributed by atoms with Crippen LogP contribution >= 0.6 is 0 Å². The molecule has 0 saturated heterocycles. The van der Waals surface area contributed by atoms with Crippen LogP contribution in [0.2, 0.25) is 0 Å². The summed E-state index contributed by atoms with van der Waals surface area (Å²) in [5, 5.41) is 3.58. The lowest BCUT2D eigenvalue weighted by Crippen LogP contribution is -2.22. The highest BCUT2D eigenvalue weighted by atomic mass is 16.5. The molecule has 0 fully saturated rings. The van der Waals surface area contributed by atoms with Crippen molar-refractivity contribution in [2.24, 2.45) is 0 Å². The van der Waals surface area contributed by atoms with E-state index < -0.39 is 0 Å². The summed E-state index contributed by atoms with van der Waals surface area (Å²) in [6.45, 7) is 5.30. The summed E-state index contributed by atoms with van der Waals surface area (Å²) in [5.74, 6) is 0.897. The van der Waals surface area contributed by atoms with Crippen molar-refractivity contribution in [3.8, 4) is 5.75 Å². The Morgan fingerprint density at radius 3 is 2.38 bits per heavy atom. The van der Waals surface area contributed by atoms with Gasteiger partial charge in [0.2, 0.25) is 0 Å². The number of aryl methyl sites for hydroxylation is 1. The number of benzene rings is 2. The molecule has 0 aromatic heterocycles. The lowest BCUT2D eigenvalue weighted by molar-refractivity contribution is 0.414. The summed E-state index contributed by atoms with van der Waals surface area (Å²) >= 11 is 0. The van der Waals surface area contributed by atoms with Crippen molar-refractivity contribution >= 4 is 0 Å². The molecule has 0 radical (unpaired) electrons. The van der Waals surface area contributed by atoms with Crippen LogP contribution in [0.4, 0.5) is 0 Å². The van der Waals surface area contributed by atoms with Crippen molar-refractivity contribution in [1.29, 1.82) is 0 Å². The Bertz CT molecular complexity index is 548. The second-order valence-electron chi connectivity index (χ2n) is 5.26. The molecule has 2 aromatic carbocycles. The minimum absolute atomic E-state index is 0.234. The molecule has 0 amide bonds. The summed E-state index contributed by atoms with van der Waals surface area (Å²) in [6, 6.07) is 17.5. The van der Waals surface area contributed by atoms with Crippen LogP contribution in [0.15, 0.2) is 48.5 Å². The van der Waals surface area contributed by atoms with Crippen molar-refractivity contribution in [3.05, 3.63) is 65.2 Å². The van der Waals surface area contributed by atoms with Gasteiger partial charge in [-0.3, -0.25) is 0 Å². The predicted octanol–water partition coefficient (Wildman–Crippen LogP) is 4.35. The monoisotopic (exact) mass is 283 g/mol. The van der Waals surface area contributed by atoms with Crippen LogP contribution < -0.4 is 10.1 Å². The van der Waals surface area contributed by atoms with Gasteiger partial charge >= 0.3 is 0 Å². The maximum absolute atomic E-state index is 5.25. The first-order valence-corrected chi connectivity index (χ1v) is 7.74. The lowest BCUT2D eigenvalue weighted by Gasteiger charge is -2.20. The standard InChI is InChI=1S/C19H25NO/c1-4-7-15-8-6-9-17(14-15)19(20-5-2)16-10-12-18(21-3)13-11-16/h6,8-14,19-20H,4-5,7H2,1-3H3. The number of hydrogen-bond acceptors (Lipinski definition) is 2. The van der Waals surface area contributed by atoms with Crippen LogP contribution in [0, 0.1) is 0 Å². The topological polar surface area (TPSA) is 21.3 Å². The normalized spacial score (nSPS) is 12.1. The van der Waals surface area contributed by atoms with Crippen LogP contribution in [-0.4, -0.2) is 13.7 Å². The van der Waals surface area contributed by atoms with Gasteiger partial charge in [-0.1, -0.05) is 56.7 Å². The molecule has 0 aliphatic carbocycles. The largest absolute Gasteiger partial charge is 0.497 e. The SMILES string of the molecule is CCCc1cccc(C(NCC)c2ccc(OC)cc2)c1. The Kier molecular flexibility index (Phi) is 5.82. The molecule has 2 heteroatoms. The molecule has 0 saturated carbocycles. The summed E-state index contributed by atoms with van der Waals surface area (Å²) in [7, 11) is 1.70. The van der Waals surface area contributed by atoms with Gasteiger partial charge in [-0.05, 0) is 41.8 Å². The number of nitrogens with one attached hydrogen (secondary N) is 1. The van der Waals surface area contributed by atoms with Crippen molar-refractivity contribution in [2.45, 2.75) is 32.7 Å². The Balaban J connectivity index is 2.30. The van der Waals surface area contributed by atoms with E-state index in [4.69, 9.17) is 4.74 Å². The fraction of sp³-hybridized carbons (Fsp3) is 0.368. The van der Waals surface area contributed by atoms with Gasteiger partial charge in [0.15, 0.2) is 0 Å². The number of methoxy groups -OCH3 is 1. The zero-order valence-corrected chi connectivity index (χ0v) is 13.2. The molecule has 0 aliphatic rings. The molecule has 0 spiro atoms. The summed E-state index contributed by atoms with van der Waals surface area (Å²) in [6.07, 6.45) is 2.31. The van der Waals surface area contributed by atoms with Gasteiger partial charge in [-0.25, -0.2) is 0 Å². The van der Waals surface area contributed by atoms with Crippen LogP contribution in [0.25, 0.3) is 0 Å². The first kappa shape index (κ1) is 15.6. The molecule has 0 heterocycles. The molecule has 2 nitrogen and oxygen atoms in total. The van der Waals surface area contributed by atoms with E-state index in [0.717, 1.165) is 18.7 Å². The first-order chi connectivity index (χ1) is 10.3. The van der Waals surface area contributed by atoms with E-state index in [2.05, 4.69) is 55.6 Å². The molecule has 1 unspecified atom stereocenters. The number of rotatable bonds is 7. The summed E-state index contributed by atoms with van der Waals surface area (Å²) in [5.41, 5.74) is 4.01. The molecular weight excluding hydrogens is 258 g/mol. The van der Waals surface area contributed by atoms with Gasteiger partial charge in [0.1, 0.15) is 5.75 Å². The highest BCUT2D eigenvalue weighted by Crippen LogP contribution is 2.25. The second-order valence-corrected chi connectivity index (χ2v) is 5.26. The molecule has 21 heavy (non-hydrogen) atoms. The van der Waals surface area contributed by atoms with E-state index in [0.29, 0.717) is 0 Å². The molecule has 0 bridgehead atoms. The fourth-order valence-corrected chi connectivity index (χ4v) is 2.65. The van der Waals surface area contributed by atoms with Crippen LogP contribution in [0.1, 0.15) is 43.0 Å². The van der Waals surface area contributed by atoms with Gasteiger partial charge in [-0.2, -0.15) is 0 Å². The molecule has 2 rings (SSSR count). The quantitative estimate of drug-likeness (QED) is 0.816. The highest BCUT2D eigenvalue weighted by molar-refractivity contribution is 5.37. The van der Waals surface area contributed by atoms with E-state index in [-0.39, 0.29) is 6.04 Å². The lowest BCUT2D eigenvalue weighted by atomic mass is 9.96. The Morgan fingerprint density at radius 1 is 1.00 bits per heavy atom. The Morgan fingerprint density at radius 2 is 1.76 bits per heavy atom. The van der Waals surface area contributed by atoms with Crippen molar-refractivity contribution in [3.63, 3.8) is 0 Å². The van der Waals surface area contributed by atoms with Crippen molar-refractivity contribution in [1.82, 2.24) is 5.32 Å². The van der Waals surface area contributed by atoms with Crippen molar-refractivity contribution < 1.29 is 4.74 Å². The third-order valence-electron chi connectivity index (χ3n) is 3.68. The summed E-state index contributed by atoms with van der Waals surface area (Å²) in [4.78, 5) is 0. The molecule has 0 aliphatic heterocycles. The predicted molar refractivity (Wildman–Crippen MR) is 89.0 cm³/mol. The van der Waals surface area contributed by atoms with Gasteiger partial charge in [-0.15, -0.1) is 0 Å². The van der Waals surface area contributed by atoms with Crippen LogP contribution in [0.3, 0.4) is 0 Å². The molecule has 1 atom stereocenters. The van der Waals surface area contributed by atoms with Crippen LogP contribution in [0.5, 0.6) is 5.75 Å². The van der Waals surface area contributed by atoms with Crippen LogP contribution in [-0.2, 0) is 6.42 Å². The Hall–Kier alpha value is -1.80. The van der Waals surface area contributed by atoms with Gasteiger partial charge in [0, 0.05) is 0 Å². The van der Waals surface area contributed by atoms with Gasteiger partial charge in [0.25, 0.3) is 0 Å². The van der Waals surface area contributed by atoms with E-state index in [1.807, 2.05) is 12.1 Å². The van der Waals surface area contributed by atoms with E-state index in [1.165, 1.54) is 23.1 Å². The maximum atomic E-state index is 5.25. The van der Waals surface area contributed by atoms with E-state index >= 15 is 0 Å². The zero-order chi connectivity index (χ0) is 15.1. The molecular formula is C19H25NO. The maximum Gasteiger partial charge on any atom is 0.118 e. The summed E-state index contributed by atoms with van der Waals surface area (Å²) < 4.78 is 5.25. The average molecular weight is 283 g/mol. The smallest absolute Gasteiger partial charge is 0.118 e. The highest BCUT2D eigenvalue weighted by Gasteiger charge is 2.13. The average Bonchev–Trinajstić information content (AvgIpc) is 2.53. The molecule has 2 aromatic rings. The van der Waals surface area contributed by atoms with Gasteiger partial charge < -0.3 is 10.1 Å². The number of ether oxygens (including phenoxy) is 1. The van der Waals surface area contributed by atoms with Gasteiger partial charge in [0.05, 0.1) is 13.2 Å². The minimum Gasteiger partial charge on any atom is -0.497 e. The Labute approximate surface area is 128 Å². The number of hydrogen-bond donors (Lipinski definition) is 1.